The van der Waals surface area contributed by atoms with E-state index in [0.717, 1.165) is 0 Å². The maximum atomic E-state index is 12.1. The van der Waals surface area contributed by atoms with Gasteiger partial charge in [0, 0.05) is 11.8 Å². The minimum Gasteiger partial charge on any atom is -0.495 e. The number of rotatable bonds is 9. The Morgan fingerprint density at radius 3 is 2.07 bits per heavy atom. The van der Waals surface area contributed by atoms with Crippen LogP contribution in [0.1, 0.15) is 11.1 Å². The molecule has 1 amide bonds. The minimum atomic E-state index is -1.06. The van der Waals surface area contributed by atoms with Crippen molar-refractivity contribution in [3.8, 4) is 23.0 Å². The molecule has 6 N–H and O–H groups in total. The van der Waals surface area contributed by atoms with Gasteiger partial charge < -0.3 is 40.8 Å². The number of carbonyl (C=O) groups is 1. The molecule has 0 aliphatic heterocycles. The van der Waals surface area contributed by atoms with Gasteiger partial charge in [0.2, 0.25) is 11.7 Å². The summed E-state index contributed by atoms with van der Waals surface area (Å²) < 4.78 is 21.5. The van der Waals surface area contributed by atoms with Crippen molar-refractivity contribution >= 4 is 17.2 Å². The van der Waals surface area contributed by atoms with E-state index in [4.69, 9.17) is 35.5 Å². The van der Waals surface area contributed by atoms with Gasteiger partial charge in [-0.3, -0.25) is 4.79 Å². The molecule has 9 heteroatoms. The van der Waals surface area contributed by atoms with Crippen LogP contribution < -0.4 is 35.7 Å². The van der Waals surface area contributed by atoms with Gasteiger partial charge in [0.15, 0.2) is 11.5 Å². The number of aliphatic hydroxyl groups excluding tert-OH is 1. The SMILES string of the molecule is COc1ccc(C(=CN)c2cc(OC)c(OC)c(OC)c2)cc1NC(=O)C(N)CO. The zero-order chi connectivity index (χ0) is 22.3. The third-order valence-corrected chi connectivity index (χ3v) is 4.44. The number of aliphatic hydroxyl groups is 1. The summed E-state index contributed by atoms with van der Waals surface area (Å²) in [6, 6.07) is 7.66. The van der Waals surface area contributed by atoms with Crippen LogP contribution in [-0.2, 0) is 4.79 Å². The minimum absolute atomic E-state index is 0.385. The molecule has 2 aromatic rings. The monoisotopic (exact) mass is 417 g/mol. The molecule has 0 aliphatic carbocycles. The van der Waals surface area contributed by atoms with E-state index in [0.29, 0.717) is 45.4 Å². The summed E-state index contributed by atoms with van der Waals surface area (Å²) in [7, 11) is 6.06. The molecule has 162 valence electrons. The number of carbonyl (C=O) groups excluding carboxylic acids is 1. The van der Waals surface area contributed by atoms with E-state index < -0.39 is 18.6 Å². The lowest BCUT2D eigenvalue weighted by Crippen LogP contribution is -2.38. The van der Waals surface area contributed by atoms with Crippen LogP contribution in [0.5, 0.6) is 23.0 Å². The number of anilines is 1. The normalized spacial score (nSPS) is 12.1. The Bertz CT molecular complexity index is 904. The van der Waals surface area contributed by atoms with Gasteiger partial charge in [-0.15, -0.1) is 0 Å². The first-order chi connectivity index (χ1) is 14.4. The standard InChI is InChI=1S/C21H27N3O6/c1-27-17-6-5-12(7-16(17)24-21(26)15(23)11-25)14(10-22)13-8-18(28-2)20(30-4)19(9-13)29-3/h5-10,15,25H,11,22-23H2,1-4H3,(H,24,26). The van der Waals surface area contributed by atoms with Gasteiger partial charge in [-0.05, 0) is 35.4 Å². The van der Waals surface area contributed by atoms with E-state index in [1.54, 1.807) is 30.3 Å². The third-order valence-electron chi connectivity index (χ3n) is 4.44. The Morgan fingerprint density at radius 2 is 1.60 bits per heavy atom. The van der Waals surface area contributed by atoms with E-state index in [1.807, 2.05) is 0 Å². The highest BCUT2D eigenvalue weighted by Gasteiger charge is 2.19. The average Bonchev–Trinajstić information content (AvgIpc) is 2.78. The predicted octanol–water partition coefficient (Wildman–Crippen LogP) is 1.33. The highest BCUT2D eigenvalue weighted by atomic mass is 16.5. The van der Waals surface area contributed by atoms with Gasteiger partial charge in [-0.25, -0.2) is 0 Å². The zero-order valence-electron chi connectivity index (χ0n) is 17.4. The number of methoxy groups -OCH3 is 4. The van der Waals surface area contributed by atoms with Crippen LogP contribution in [0.25, 0.3) is 5.57 Å². The quantitative estimate of drug-likeness (QED) is 0.479. The van der Waals surface area contributed by atoms with E-state index >= 15 is 0 Å². The van der Waals surface area contributed by atoms with Gasteiger partial charge >= 0.3 is 0 Å². The van der Waals surface area contributed by atoms with Crippen molar-refractivity contribution in [2.24, 2.45) is 11.5 Å². The van der Waals surface area contributed by atoms with Gasteiger partial charge in [-0.1, -0.05) is 6.07 Å². The number of hydrogen-bond acceptors (Lipinski definition) is 8. The van der Waals surface area contributed by atoms with Crippen molar-refractivity contribution in [1.82, 2.24) is 0 Å². The third kappa shape index (κ3) is 4.76. The molecule has 1 unspecified atom stereocenters. The van der Waals surface area contributed by atoms with Crippen molar-refractivity contribution in [3.05, 3.63) is 47.7 Å². The molecule has 2 rings (SSSR count). The Kier molecular flexibility index (Phi) is 7.90. The first-order valence-electron chi connectivity index (χ1n) is 9.01. The summed E-state index contributed by atoms with van der Waals surface area (Å²) in [5.41, 5.74) is 14.0. The van der Waals surface area contributed by atoms with Crippen molar-refractivity contribution in [2.75, 3.05) is 40.4 Å². The number of ether oxygens (including phenoxy) is 4. The summed E-state index contributed by atoms with van der Waals surface area (Å²) >= 11 is 0. The molecule has 0 heterocycles. The molecule has 2 aromatic carbocycles. The molecule has 30 heavy (non-hydrogen) atoms. The first-order valence-corrected chi connectivity index (χ1v) is 9.01. The van der Waals surface area contributed by atoms with Gasteiger partial charge in [0.05, 0.1) is 40.7 Å². The average molecular weight is 417 g/mol. The summed E-state index contributed by atoms with van der Waals surface area (Å²) in [6.45, 7) is -0.479. The number of nitrogens with one attached hydrogen (secondary N) is 1. The number of nitrogens with two attached hydrogens (primary N) is 2. The van der Waals surface area contributed by atoms with Crippen LogP contribution in [0.2, 0.25) is 0 Å². The smallest absolute Gasteiger partial charge is 0.243 e. The van der Waals surface area contributed by atoms with Crippen molar-refractivity contribution in [1.29, 1.82) is 0 Å². The van der Waals surface area contributed by atoms with E-state index in [9.17, 15) is 4.79 Å². The summed E-state index contributed by atoms with van der Waals surface area (Å²) in [6.07, 6.45) is 1.44. The topological polar surface area (TPSA) is 138 Å². The van der Waals surface area contributed by atoms with Crippen LogP contribution in [0.4, 0.5) is 5.69 Å². The van der Waals surface area contributed by atoms with Gasteiger partial charge in [0.1, 0.15) is 11.8 Å². The molecule has 9 nitrogen and oxygen atoms in total. The Labute approximate surface area is 175 Å². The highest BCUT2D eigenvalue weighted by molar-refractivity contribution is 5.97. The first kappa shape index (κ1) is 22.9. The lowest BCUT2D eigenvalue weighted by Gasteiger charge is -2.17. The lowest BCUT2D eigenvalue weighted by molar-refractivity contribution is -0.118. The molecule has 0 aromatic heterocycles. The molecule has 0 saturated heterocycles. The van der Waals surface area contributed by atoms with Crippen molar-refractivity contribution < 1.29 is 28.8 Å². The zero-order valence-corrected chi connectivity index (χ0v) is 17.4. The maximum absolute atomic E-state index is 12.1. The number of amides is 1. The van der Waals surface area contributed by atoms with Crippen LogP contribution in [0.15, 0.2) is 36.5 Å². The molecule has 1 atom stereocenters. The molecule has 0 bridgehead atoms. The molecule has 0 radical (unpaired) electrons. The van der Waals surface area contributed by atoms with Crippen LogP contribution >= 0.6 is 0 Å². The lowest BCUT2D eigenvalue weighted by atomic mass is 9.97. The molecule has 0 aliphatic rings. The molecular formula is C21H27N3O6. The van der Waals surface area contributed by atoms with E-state index in [2.05, 4.69) is 5.32 Å². The number of hydrogen-bond donors (Lipinski definition) is 4. The van der Waals surface area contributed by atoms with Crippen LogP contribution in [-0.4, -0.2) is 52.1 Å². The van der Waals surface area contributed by atoms with Gasteiger partial charge in [-0.2, -0.15) is 0 Å². The fourth-order valence-corrected chi connectivity index (χ4v) is 2.88. The summed E-state index contributed by atoms with van der Waals surface area (Å²) in [4.78, 5) is 12.1. The molecule has 0 fully saturated rings. The Hall–Kier alpha value is -3.43. The Morgan fingerprint density at radius 1 is 1.00 bits per heavy atom. The van der Waals surface area contributed by atoms with Crippen LogP contribution in [0.3, 0.4) is 0 Å². The summed E-state index contributed by atoms with van der Waals surface area (Å²) in [5, 5.41) is 11.8. The van der Waals surface area contributed by atoms with Crippen LogP contribution in [0, 0.1) is 0 Å². The number of benzene rings is 2. The molecular weight excluding hydrogens is 390 g/mol. The van der Waals surface area contributed by atoms with E-state index in [-0.39, 0.29) is 0 Å². The predicted molar refractivity (Wildman–Crippen MR) is 114 cm³/mol. The second-order valence-electron chi connectivity index (χ2n) is 6.19. The summed E-state index contributed by atoms with van der Waals surface area (Å²) in [5.74, 6) is 1.29. The second kappa shape index (κ2) is 10.4. The fourth-order valence-electron chi connectivity index (χ4n) is 2.88. The molecule has 0 saturated carbocycles. The van der Waals surface area contributed by atoms with Gasteiger partial charge in [0.25, 0.3) is 0 Å². The van der Waals surface area contributed by atoms with E-state index in [1.165, 1.54) is 34.6 Å². The maximum Gasteiger partial charge on any atom is 0.243 e. The van der Waals surface area contributed by atoms with Crippen molar-refractivity contribution in [2.45, 2.75) is 6.04 Å². The second-order valence-corrected chi connectivity index (χ2v) is 6.19. The largest absolute Gasteiger partial charge is 0.495 e. The molecule has 0 spiro atoms. The van der Waals surface area contributed by atoms with Crippen molar-refractivity contribution in [3.63, 3.8) is 0 Å². The highest BCUT2D eigenvalue weighted by Crippen LogP contribution is 2.41. The Balaban J connectivity index is 2.54. The fraction of sp³-hybridized carbons (Fsp3) is 0.286.